The Morgan fingerprint density at radius 3 is 2.94 bits per heavy atom. The van der Waals surface area contributed by atoms with Crippen molar-refractivity contribution in [2.75, 3.05) is 20.1 Å². The summed E-state index contributed by atoms with van der Waals surface area (Å²) in [5.74, 6) is -1.17. The zero-order valence-corrected chi connectivity index (χ0v) is 9.77. The Bertz CT molecular complexity index is 404. The zero-order valence-electron chi connectivity index (χ0n) is 9.77. The summed E-state index contributed by atoms with van der Waals surface area (Å²) in [5.41, 5.74) is 0.944. The molecule has 1 N–H and O–H groups in total. The molecule has 1 aromatic carbocycles. The highest BCUT2D eigenvalue weighted by Gasteiger charge is 1.99. The van der Waals surface area contributed by atoms with E-state index in [9.17, 15) is 9.18 Å². The van der Waals surface area contributed by atoms with E-state index in [2.05, 4.69) is 0 Å². The van der Waals surface area contributed by atoms with Gasteiger partial charge >= 0.3 is 5.97 Å². The summed E-state index contributed by atoms with van der Waals surface area (Å²) in [4.78, 5) is 12.2. The molecule has 1 rings (SSSR count). The lowest BCUT2D eigenvalue weighted by atomic mass is 10.1. The third-order valence-corrected chi connectivity index (χ3v) is 2.35. The number of nitrogens with zero attached hydrogens (tertiary/aromatic N) is 1. The minimum Gasteiger partial charge on any atom is -0.478 e. The van der Waals surface area contributed by atoms with Crippen molar-refractivity contribution in [2.24, 2.45) is 0 Å². The summed E-state index contributed by atoms with van der Waals surface area (Å²) < 4.78 is 12.9. The molecule has 3 nitrogen and oxygen atoms in total. The van der Waals surface area contributed by atoms with Crippen molar-refractivity contribution in [1.29, 1.82) is 0 Å². The van der Waals surface area contributed by atoms with E-state index in [4.69, 9.17) is 5.11 Å². The molecule has 0 aliphatic carbocycles. The van der Waals surface area contributed by atoms with Crippen LogP contribution in [0.5, 0.6) is 0 Å². The van der Waals surface area contributed by atoms with Gasteiger partial charge in [0.2, 0.25) is 0 Å². The molecule has 0 atom stereocenters. The Hall–Kier alpha value is -1.68. The van der Waals surface area contributed by atoms with Crippen LogP contribution in [0.1, 0.15) is 5.56 Å². The minimum absolute atomic E-state index is 0.226. The maximum absolute atomic E-state index is 12.9. The van der Waals surface area contributed by atoms with Gasteiger partial charge in [-0.05, 0) is 31.2 Å². The molecule has 0 fully saturated rings. The quantitative estimate of drug-likeness (QED) is 0.769. The normalized spacial score (nSPS) is 11.2. The Kier molecular flexibility index (Phi) is 5.36. The number of hydrogen-bond acceptors (Lipinski definition) is 2. The van der Waals surface area contributed by atoms with Gasteiger partial charge in [-0.1, -0.05) is 18.2 Å². The van der Waals surface area contributed by atoms with Gasteiger partial charge in [-0.15, -0.1) is 0 Å². The fraction of sp³-hybridized carbons (Fsp3) is 0.308. The van der Waals surface area contributed by atoms with Gasteiger partial charge in [-0.3, -0.25) is 0 Å². The summed E-state index contributed by atoms with van der Waals surface area (Å²) in [6.45, 7) is 1.33. The first kappa shape index (κ1) is 13.4. The predicted octanol–water partition coefficient (Wildman–Crippen LogP) is 1.94. The average molecular weight is 237 g/mol. The van der Waals surface area contributed by atoms with E-state index >= 15 is 0 Å². The zero-order chi connectivity index (χ0) is 12.7. The van der Waals surface area contributed by atoms with Crippen molar-refractivity contribution < 1.29 is 14.3 Å². The van der Waals surface area contributed by atoms with Crippen LogP contribution in [0.2, 0.25) is 0 Å². The maximum Gasteiger partial charge on any atom is 0.328 e. The van der Waals surface area contributed by atoms with Crippen LogP contribution in [0.3, 0.4) is 0 Å². The van der Waals surface area contributed by atoms with Crippen LogP contribution in [-0.4, -0.2) is 36.1 Å². The van der Waals surface area contributed by atoms with E-state index in [0.717, 1.165) is 24.6 Å². The van der Waals surface area contributed by atoms with E-state index in [1.807, 2.05) is 18.0 Å². The van der Waals surface area contributed by atoms with Gasteiger partial charge < -0.3 is 10.0 Å². The molecule has 0 spiro atoms. The van der Waals surface area contributed by atoms with Gasteiger partial charge in [0, 0.05) is 19.2 Å². The number of halogens is 1. The largest absolute Gasteiger partial charge is 0.478 e. The van der Waals surface area contributed by atoms with Crippen LogP contribution in [0.15, 0.2) is 36.4 Å². The molecule has 92 valence electrons. The number of carbonyl (C=O) groups is 1. The number of carboxylic acids is 1. The third-order valence-electron chi connectivity index (χ3n) is 2.35. The highest BCUT2D eigenvalue weighted by molar-refractivity contribution is 5.79. The second-order valence-electron chi connectivity index (χ2n) is 3.88. The average Bonchev–Trinajstić information content (AvgIpc) is 2.26. The maximum atomic E-state index is 12.9. The van der Waals surface area contributed by atoms with E-state index in [1.54, 1.807) is 12.1 Å². The van der Waals surface area contributed by atoms with Crippen molar-refractivity contribution in [1.82, 2.24) is 4.90 Å². The second-order valence-corrected chi connectivity index (χ2v) is 3.88. The highest BCUT2D eigenvalue weighted by atomic mass is 19.1. The lowest BCUT2D eigenvalue weighted by Gasteiger charge is -2.13. The van der Waals surface area contributed by atoms with Crippen molar-refractivity contribution in [3.05, 3.63) is 47.8 Å². The van der Waals surface area contributed by atoms with Gasteiger partial charge in [0.15, 0.2) is 0 Å². The lowest BCUT2D eigenvalue weighted by Crippen LogP contribution is -2.21. The standard InChI is InChI=1S/C13H16FNO2/c1-15(8-3-6-13(16)17)9-7-11-4-2-5-12(14)10-11/h2-6,10H,7-9H2,1H3,(H,16,17)/b6-3+. The van der Waals surface area contributed by atoms with E-state index in [0.29, 0.717) is 6.54 Å². The van der Waals surface area contributed by atoms with Crippen LogP contribution in [0.4, 0.5) is 4.39 Å². The van der Waals surface area contributed by atoms with Gasteiger partial charge in [-0.25, -0.2) is 9.18 Å². The van der Waals surface area contributed by atoms with Crippen LogP contribution < -0.4 is 0 Å². The molecule has 0 amide bonds. The van der Waals surface area contributed by atoms with Crippen LogP contribution in [0.25, 0.3) is 0 Å². The fourth-order valence-electron chi connectivity index (χ4n) is 1.44. The van der Waals surface area contributed by atoms with Gasteiger partial charge in [0.1, 0.15) is 5.82 Å². The molecule has 0 saturated heterocycles. The monoisotopic (exact) mass is 237 g/mol. The number of carboxylic acid groups (broad SMARTS) is 1. The summed E-state index contributed by atoms with van der Waals surface area (Å²) >= 11 is 0. The molecule has 0 saturated carbocycles. The van der Waals surface area contributed by atoms with Crippen LogP contribution in [-0.2, 0) is 11.2 Å². The second kappa shape index (κ2) is 6.81. The van der Waals surface area contributed by atoms with Crippen LogP contribution >= 0.6 is 0 Å². The first-order valence-electron chi connectivity index (χ1n) is 5.40. The molecule has 4 heteroatoms. The predicted molar refractivity (Wildman–Crippen MR) is 64.4 cm³/mol. The van der Waals surface area contributed by atoms with Crippen molar-refractivity contribution in [2.45, 2.75) is 6.42 Å². The molecule has 0 aliphatic rings. The number of benzene rings is 1. The molecule has 17 heavy (non-hydrogen) atoms. The Morgan fingerprint density at radius 1 is 1.53 bits per heavy atom. The molecule has 1 aromatic rings. The molecular weight excluding hydrogens is 221 g/mol. The van der Waals surface area contributed by atoms with Crippen molar-refractivity contribution >= 4 is 5.97 Å². The first-order chi connectivity index (χ1) is 8.08. The summed E-state index contributed by atoms with van der Waals surface area (Å²) in [5, 5.41) is 8.42. The topological polar surface area (TPSA) is 40.5 Å². The summed E-state index contributed by atoms with van der Waals surface area (Å²) in [6, 6.07) is 6.50. The van der Waals surface area contributed by atoms with Gasteiger partial charge in [0.25, 0.3) is 0 Å². The SMILES string of the molecule is CN(C/C=C/C(=O)O)CCc1cccc(F)c1. The minimum atomic E-state index is -0.941. The molecule has 0 aliphatic heterocycles. The third kappa shape index (κ3) is 5.82. The molecule has 0 bridgehead atoms. The Morgan fingerprint density at radius 2 is 2.29 bits per heavy atom. The number of hydrogen-bond donors (Lipinski definition) is 1. The van der Waals surface area contributed by atoms with Crippen molar-refractivity contribution in [3.63, 3.8) is 0 Å². The summed E-state index contributed by atoms with van der Waals surface area (Å²) in [6.07, 6.45) is 3.46. The fourth-order valence-corrected chi connectivity index (χ4v) is 1.44. The molecular formula is C13H16FNO2. The van der Waals surface area contributed by atoms with Crippen molar-refractivity contribution in [3.8, 4) is 0 Å². The highest BCUT2D eigenvalue weighted by Crippen LogP contribution is 2.04. The molecule has 0 aromatic heterocycles. The first-order valence-corrected chi connectivity index (χ1v) is 5.40. The van der Waals surface area contributed by atoms with E-state index in [1.165, 1.54) is 12.1 Å². The summed E-state index contributed by atoms with van der Waals surface area (Å²) in [7, 11) is 1.89. The van der Waals surface area contributed by atoms with E-state index in [-0.39, 0.29) is 5.82 Å². The number of aliphatic carboxylic acids is 1. The molecule has 0 heterocycles. The molecule has 0 radical (unpaired) electrons. The number of likely N-dealkylation sites (N-methyl/N-ethyl adjacent to an activating group) is 1. The number of rotatable bonds is 6. The molecule has 0 unspecified atom stereocenters. The van der Waals surface area contributed by atoms with Gasteiger partial charge in [-0.2, -0.15) is 0 Å². The smallest absolute Gasteiger partial charge is 0.328 e. The van der Waals surface area contributed by atoms with Crippen LogP contribution in [0, 0.1) is 5.82 Å². The Balaban J connectivity index is 2.33. The van der Waals surface area contributed by atoms with Gasteiger partial charge in [0.05, 0.1) is 0 Å². The van der Waals surface area contributed by atoms with E-state index < -0.39 is 5.97 Å². The Labute approximate surface area is 100 Å². The lowest BCUT2D eigenvalue weighted by molar-refractivity contribution is -0.131.